The summed E-state index contributed by atoms with van der Waals surface area (Å²) in [7, 11) is 0. The molecule has 0 aromatic heterocycles. The number of halogens is 9. The molecule has 0 aromatic carbocycles. The standard InChI is InChI=1S/C8HBrCl6F2N2/c9-4-2(16)3-1(5(17)6(4,10)11)7(12,13)19-8(14,15)18-3/h19H. The highest BCUT2D eigenvalue weighted by atomic mass is 79.9. The van der Waals surface area contributed by atoms with Gasteiger partial charge in [-0.2, -0.15) is 0 Å². The summed E-state index contributed by atoms with van der Waals surface area (Å²) in [5.74, 6) is -2.26. The summed E-state index contributed by atoms with van der Waals surface area (Å²) >= 11 is 37.2. The minimum atomic E-state index is -2.31. The van der Waals surface area contributed by atoms with E-state index in [9.17, 15) is 8.78 Å². The molecule has 1 N–H and O–H groups in total. The molecule has 0 unspecified atom stereocenters. The Morgan fingerprint density at radius 2 is 1.58 bits per heavy atom. The fraction of sp³-hybridized carbons (Fsp3) is 0.375. The van der Waals surface area contributed by atoms with Gasteiger partial charge in [-0.25, -0.2) is 19.1 Å². The summed E-state index contributed by atoms with van der Waals surface area (Å²) in [6.07, 6.45) is 0. The van der Waals surface area contributed by atoms with Crippen LogP contribution in [0.4, 0.5) is 8.78 Å². The fourth-order valence-corrected chi connectivity index (χ4v) is 3.50. The highest BCUT2D eigenvalue weighted by Gasteiger charge is 2.55. The van der Waals surface area contributed by atoms with E-state index < -0.39 is 40.8 Å². The van der Waals surface area contributed by atoms with Crippen molar-refractivity contribution in [2.45, 2.75) is 13.4 Å². The first-order valence-corrected chi connectivity index (χ1v) is 7.46. The van der Waals surface area contributed by atoms with Crippen molar-refractivity contribution >= 4 is 91.2 Å². The molecular formula is C8HBrCl6F2N2. The Morgan fingerprint density at radius 3 is 2.11 bits per heavy atom. The van der Waals surface area contributed by atoms with E-state index in [-0.39, 0.29) is 0 Å². The zero-order valence-electron chi connectivity index (χ0n) is 8.35. The highest BCUT2D eigenvalue weighted by Crippen LogP contribution is 2.54. The Bertz CT molecular complexity index is 553. The lowest BCUT2D eigenvalue weighted by Crippen LogP contribution is -2.54. The van der Waals surface area contributed by atoms with Gasteiger partial charge >= 0.3 is 0 Å². The van der Waals surface area contributed by atoms with Crippen molar-refractivity contribution in [3.63, 3.8) is 0 Å². The quantitative estimate of drug-likeness (QED) is 0.392. The van der Waals surface area contributed by atoms with Gasteiger partial charge in [-0.1, -0.05) is 69.6 Å². The number of hydrogen-bond acceptors (Lipinski definition) is 2. The van der Waals surface area contributed by atoms with Crippen LogP contribution in [0.5, 0.6) is 0 Å². The Balaban J connectivity index is 2.80. The van der Waals surface area contributed by atoms with Crippen LogP contribution in [0.3, 0.4) is 0 Å². The van der Waals surface area contributed by atoms with Crippen LogP contribution in [0.2, 0.25) is 0 Å². The maximum atomic E-state index is 14.3. The number of hydrogen-bond donors (Lipinski definition) is 1. The average Bonchev–Trinajstić information content (AvgIpc) is 2.20. The van der Waals surface area contributed by atoms with Crippen molar-refractivity contribution in [2.75, 3.05) is 0 Å². The smallest absolute Gasteiger partial charge is 0.231 e. The van der Waals surface area contributed by atoms with Gasteiger partial charge in [-0.05, 0) is 15.9 Å². The van der Waals surface area contributed by atoms with E-state index in [0.717, 1.165) is 0 Å². The fourth-order valence-electron chi connectivity index (χ4n) is 1.52. The summed E-state index contributed by atoms with van der Waals surface area (Å²) < 4.78 is 21.4. The Labute approximate surface area is 144 Å². The van der Waals surface area contributed by atoms with Gasteiger partial charge in [0, 0.05) is 0 Å². The van der Waals surface area contributed by atoms with E-state index in [0.29, 0.717) is 0 Å². The molecule has 106 valence electrons. The molecule has 1 heterocycles. The minimum Gasteiger partial charge on any atom is -0.231 e. The van der Waals surface area contributed by atoms with Crippen LogP contribution in [0.25, 0.3) is 0 Å². The number of alkyl halides is 6. The lowest BCUT2D eigenvalue weighted by atomic mass is 9.99. The van der Waals surface area contributed by atoms with Crippen molar-refractivity contribution in [1.29, 1.82) is 0 Å². The van der Waals surface area contributed by atoms with Gasteiger partial charge in [0.25, 0.3) is 4.58 Å². The van der Waals surface area contributed by atoms with Gasteiger partial charge < -0.3 is 0 Å². The maximum absolute atomic E-state index is 14.3. The number of aliphatic imine (C=N–C) groups is 1. The lowest BCUT2D eigenvalue weighted by Gasteiger charge is -2.39. The first kappa shape index (κ1) is 16.6. The number of fused-ring (bicyclic) bond motifs is 1. The molecule has 2 nitrogen and oxygen atoms in total. The third kappa shape index (κ3) is 2.66. The zero-order valence-corrected chi connectivity index (χ0v) is 14.5. The summed E-state index contributed by atoms with van der Waals surface area (Å²) in [6, 6.07) is 0. The minimum absolute atomic E-state index is 0.487. The van der Waals surface area contributed by atoms with Crippen LogP contribution < -0.4 is 5.32 Å². The van der Waals surface area contributed by atoms with E-state index in [1.54, 1.807) is 0 Å². The topological polar surface area (TPSA) is 24.4 Å². The Kier molecular flexibility index (Phi) is 4.23. The molecule has 2 aliphatic rings. The lowest BCUT2D eigenvalue weighted by molar-refractivity contribution is 0.514. The van der Waals surface area contributed by atoms with E-state index in [4.69, 9.17) is 69.6 Å². The molecule has 0 spiro atoms. The van der Waals surface area contributed by atoms with Crippen molar-refractivity contribution < 1.29 is 8.78 Å². The highest BCUT2D eigenvalue weighted by molar-refractivity contribution is 9.11. The molecule has 19 heavy (non-hydrogen) atoms. The Morgan fingerprint density at radius 1 is 1.05 bits per heavy atom. The second-order valence-electron chi connectivity index (χ2n) is 3.59. The van der Waals surface area contributed by atoms with Crippen LogP contribution in [-0.2, 0) is 0 Å². The van der Waals surface area contributed by atoms with Crippen LogP contribution in [0.1, 0.15) is 0 Å². The first-order valence-electron chi connectivity index (χ1n) is 4.40. The molecule has 0 bridgehead atoms. The van der Waals surface area contributed by atoms with Gasteiger partial charge in [0.15, 0.2) is 11.7 Å². The van der Waals surface area contributed by atoms with Crippen molar-refractivity contribution in [2.24, 2.45) is 4.99 Å². The summed E-state index contributed by atoms with van der Waals surface area (Å²) in [6.45, 7) is 0. The second-order valence-corrected chi connectivity index (χ2v) is 8.33. The van der Waals surface area contributed by atoms with Crippen molar-refractivity contribution in [3.8, 4) is 0 Å². The third-order valence-corrected chi connectivity index (χ3v) is 5.32. The molecule has 0 fully saturated rings. The molecule has 1 aliphatic heterocycles. The molecular weight excluding hydrogens is 455 g/mol. The van der Waals surface area contributed by atoms with E-state index in [2.05, 4.69) is 26.2 Å². The largest absolute Gasteiger partial charge is 0.267 e. The number of rotatable bonds is 0. The number of nitrogens with one attached hydrogen (secondary N) is 1. The molecule has 0 aromatic rings. The van der Waals surface area contributed by atoms with E-state index in [1.807, 2.05) is 0 Å². The van der Waals surface area contributed by atoms with Crippen molar-refractivity contribution in [3.05, 3.63) is 21.7 Å². The molecule has 0 amide bonds. The summed E-state index contributed by atoms with van der Waals surface area (Å²) in [4.78, 5) is 3.57. The summed E-state index contributed by atoms with van der Waals surface area (Å²) in [5.41, 5.74) is -1.16. The normalized spacial score (nSPS) is 28.2. The van der Waals surface area contributed by atoms with Gasteiger partial charge in [0.2, 0.25) is 8.79 Å². The van der Waals surface area contributed by atoms with E-state index in [1.165, 1.54) is 0 Å². The zero-order chi connectivity index (χ0) is 14.8. The monoisotopic (exact) mass is 452 g/mol. The molecule has 11 heteroatoms. The van der Waals surface area contributed by atoms with Gasteiger partial charge in [0.1, 0.15) is 5.71 Å². The molecule has 2 rings (SSSR count). The predicted molar refractivity (Wildman–Crippen MR) is 79.1 cm³/mol. The Hall–Kier alpha value is 1.19. The maximum Gasteiger partial charge on any atom is 0.267 e. The molecule has 0 radical (unpaired) electrons. The van der Waals surface area contributed by atoms with Crippen LogP contribution in [0.15, 0.2) is 26.7 Å². The first-order chi connectivity index (χ1) is 8.40. The number of nitrogens with zero attached hydrogens (tertiary/aromatic N) is 1. The van der Waals surface area contributed by atoms with Gasteiger partial charge in [0.05, 0.1) is 10.1 Å². The molecule has 0 saturated carbocycles. The van der Waals surface area contributed by atoms with E-state index >= 15 is 0 Å². The molecule has 0 atom stereocenters. The average molecular weight is 456 g/mol. The number of allylic oxidation sites excluding steroid dienone is 3. The SMILES string of the molecule is FC1=C(Br)C(Cl)(Cl)C(F)=C2C1=NC(Cl)(Cl)NC2(Cl)Cl. The van der Waals surface area contributed by atoms with Crippen LogP contribution in [-0.4, -0.2) is 19.1 Å². The van der Waals surface area contributed by atoms with Gasteiger partial charge in [-0.3, -0.25) is 0 Å². The van der Waals surface area contributed by atoms with Crippen LogP contribution in [0, 0.1) is 0 Å². The predicted octanol–water partition coefficient (Wildman–Crippen LogP) is 5.24. The second kappa shape index (κ2) is 4.85. The van der Waals surface area contributed by atoms with Crippen LogP contribution >= 0.6 is 85.5 Å². The molecule has 0 saturated heterocycles. The summed E-state index contributed by atoms with van der Waals surface area (Å²) in [5, 5.41) is 2.19. The molecule has 1 aliphatic carbocycles. The third-order valence-electron chi connectivity index (χ3n) is 2.28. The van der Waals surface area contributed by atoms with Crippen molar-refractivity contribution in [1.82, 2.24) is 5.32 Å². The van der Waals surface area contributed by atoms with Gasteiger partial charge in [-0.15, -0.1) is 0 Å².